The highest BCUT2D eigenvalue weighted by Crippen LogP contribution is 2.22. The van der Waals surface area contributed by atoms with E-state index in [9.17, 15) is 4.39 Å². The summed E-state index contributed by atoms with van der Waals surface area (Å²) < 4.78 is 13.0. The first-order chi connectivity index (χ1) is 8.28. The van der Waals surface area contributed by atoms with Gasteiger partial charge in [-0.05, 0) is 30.3 Å². The van der Waals surface area contributed by atoms with E-state index in [1.807, 2.05) is 31.3 Å². The topological polar surface area (TPSA) is 24.9 Å². The lowest BCUT2D eigenvalue weighted by Crippen LogP contribution is -1.94. The molecule has 2 nitrogen and oxygen atoms in total. The first-order valence-electron chi connectivity index (χ1n) is 5.30. The lowest BCUT2D eigenvalue weighted by Gasteiger charge is -2.04. The van der Waals surface area contributed by atoms with E-state index in [-0.39, 0.29) is 5.82 Å². The second-order valence-corrected chi connectivity index (χ2v) is 4.56. The molecule has 0 aliphatic heterocycles. The highest BCUT2D eigenvalue weighted by molar-refractivity contribution is 7.98. The third kappa shape index (κ3) is 3.46. The molecule has 1 N–H and O–H groups in total. The third-order valence-electron chi connectivity index (χ3n) is 2.25. The van der Waals surface area contributed by atoms with E-state index in [2.05, 4.69) is 10.3 Å². The van der Waals surface area contributed by atoms with E-state index in [0.29, 0.717) is 0 Å². The van der Waals surface area contributed by atoms with Gasteiger partial charge in [0, 0.05) is 17.7 Å². The predicted molar refractivity (Wildman–Crippen MR) is 69.7 cm³/mol. The van der Waals surface area contributed by atoms with Gasteiger partial charge in [-0.3, -0.25) is 0 Å². The van der Waals surface area contributed by atoms with Gasteiger partial charge in [0.05, 0.1) is 5.69 Å². The number of pyridine rings is 1. The Morgan fingerprint density at radius 1 is 1.24 bits per heavy atom. The van der Waals surface area contributed by atoms with Crippen LogP contribution in [0.2, 0.25) is 0 Å². The van der Waals surface area contributed by atoms with Gasteiger partial charge in [-0.15, -0.1) is 11.8 Å². The second-order valence-electron chi connectivity index (χ2n) is 3.51. The molecule has 2 aromatic rings. The average molecular weight is 248 g/mol. The Labute approximate surface area is 104 Å². The normalized spacial score (nSPS) is 10.2. The molecule has 1 aromatic heterocycles. The smallest absolute Gasteiger partial charge is 0.125 e. The van der Waals surface area contributed by atoms with Crippen LogP contribution in [0.15, 0.2) is 47.4 Å². The van der Waals surface area contributed by atoms with Gasteiger partial charge < -0.3 is 5.32 Å². The molecule has 0 saturated carbocycles. The Balaban J connectivity index is 2.02. The average Bonchev–Trinajstić information content (AvgIpc) is 2.37. The fraction of sp³-hybridized carbons (Fsp3) is 0.154. The summed E-state index contributed by atoms with van der Waals surface area (Å²) in [5.41, 5.74) is 0.978. The molecule has 0 aliphatic rings. The highest BCUT2D eigenvalue weighted by atomic mass is 32.2. The Morgan fingerprint density at radius 2 is 2.06 bits per heavy atom. The number of hydrogen-bond donors (Lipinski definition) is 1. The van der Waals surface area contributed by atoms with Crippen LogP contribution in [0.4, 0.5) is 10.2 Å². The molecule has 0 unspecified atom stereocenters. The molecular weight excluding hydrogens is 235 g/mol. The maximum absolute atomic E-state index is 13.0. The summed E-state index contributed by atoms with van der Waals surface area (Å²) in [6.45, 7) is 0. The first-order valence-corrected chi connectivity index (χ1v) is 6.28. The van der Waals surface area contributed by atoms with Crippen LogP contribution in [0.25, 0.3) is 0 Å². The summed E-state index contributed by atoms with van der Waals surface area (Å²) in [6, 6.07) is 12.4. The van der Waals surface area contributed by atoms with Gasteiger partial charge in [0.1, 0.15) is 11.6 Å². The number of rotatable bonds is 4. The predicted octanol–water partition coefficient (Wildman–Crippen LogP) is 3.55. The van der Waals surface area contributed by atoms with E-state index < -0.39 is 0 Å². The van der Waals surface area contributed by atoms with Crippen LogP contribution in [-0.4, -0.2) is 12.0 Å². The molecule has 1 aromatic carbocycles. The van der Waals surface area contributed by atoms with Crippen molar-refractivity contribution in [1.82, 2.24) is 4.98 Å². The van der Waals surface area contributed by atoms with Crippen LogP contribution in [0.5, 0.6) is 0 Å². The molecule has 0 spiro atoms. The second kappa shape index (κ2) is 5.68. The Hall–Kier alpha value is -1.55. The quantitative estimate of drug-likeness (QED) is 0.837. The molecule has 4 heteroatoms. The maximum Gasteiger partial charge on any atom is 0.125 e. The van der Waals surface area contributed by atoms with E-state index in [1.165, 1.54) is 12.1 Å². The van der Waals surface area contributed by atoms with Gasteiger partial charge in [0.25, 0.3) is 0 Å². The zero-order valence-corrected chi connectivity index (χ0v) is 10.3. The summed E-state index contributed by atoms with van der Waals surface area (Å²) in [7, 11) is 1.84. The van der Waals surface area contributed by atoms with Crippen molar-refractivity contribution in [3.05, 3.63) is 54.0 Å². The Kier molecular flexibility index (Phi) is 3.98. The van der Waals surface area contributed by atoms with Gasteiger partial charge >= 0.3 is 0 Å². The standard InChI is InChI=1S/C13H13FN2S/c1-15-13-7-3-5-11(16-13)9-17-12-6-2-4-10(14)8-12/h2-8H,9H2,1H3,(H,15,16). The largest absolute Gasteiger partial charge is 0.373 e. The van der Waals surface area contributed by atoms with Crippen molar-refractivity contribution in [2.24, 2.45) is 0 Å². The van der Waals surface area contributed by atoms with Crippen LogP contribution in [0.1, 0.15) is 5.69 Å². The van der Waals surface area contributed by atoms with Gasteiger partial charge in [0.2, 0.25) is 0 Å². The molecule has 0 saturated heterocycles. The van der Waals surface area contributed by atoms with Gasteiger partial charge in [0.15, 0.2) is 0 Å². The summed E-state index contributed by atoms with van der Waals surface area (Å²) >= 11 is 1.58. The van der Waals surface area contributed by atoms with Gasteiger partial charge in [-0.2, -0.15) is 0 Å². The number of aromatic nitrogens is 1. The van der Waals surface area contributed by atoms with Crippen LogP contribution >= 0.6 is 11.8 Å². The minimum Gasteiger partial charge on any atom is -0.373 e. The summed E-state index contributed by atoms with van der Waals surface area (Å²) in [5, 5.41) is 2.99. The van der Waals surface area contributed by atoms with E-state index in [4.69, 9.17) is 0 Å². The summed E-state index contributed by atoms with van der Waals surface area (Å²) in [4.78, 5) is 5.32. The van der Waals surface area contributed by atoms with E-state index >= 15 is 0 Å². The van der Waals surface area contributed by atoms with Crippen molar-refractivity contribution in [2.45, 2.75) is 10.6 Å². The fourth-order valence-corrected chi connectivity index (χ4v) is 2.26. The van der Waals surface area contributed by atoms with Crippen LogP contribution in [0, 0.1) is 5.82 Å². The lowest BCUT2D eigenvalue weighted by atomic mass is 10.3. The monoisotopic (exact) mass is 248 g/mol. The van der Waals surface area contributed by atoms with Gasteiger partial charge in [-0.25, -0.2) is 9.37 Å². The van der Waals surface area contributed by atoms with Crippen molar-refractivity contribution in [2.75, 3.05) is 12.4 Å². The van der Waals surface area contributed by atoms with Crippen molar-refractivity contribution in [3.8, 4) is 0 Å². The van der Waals surface area contributed by atoms with Crippen LogP contribution in [0.3, 0.4) is 0 Å². The fourth-order valence-electron chi connectivity index (χ4n) is 1.41. The van der Waals surface area contributed by atoms with Crippen LogP contribution in [-0.2, 0) is 5.75 Å². The minimum atomic E-state index is -0.202. The number of halogens is 1. The van der Waals surface area contributed by atoms with Crippen molar-refractivity contribution in [1.29, 1.82) is 0 Å². The molecule has 0 radical (unpaired) electrons. The van der Waals surface area contributed by atoms with Crippen molar-refractivity contribution >= 4 is 17.6 Å². The zero-order chi connectivity index (χ0) is 12.1. The number of nitrogens with zero attached hydrogens (tertiary/aromatic N) is 1. The zero-order valence-electron chi connectivity index (χ0n) is 9.48. The highest BCUT2D eigenvalue weighted by Gasteiger charge is 2.00. The third-order valence-corrected chi connectivity index (χ3v) is 3.27. The van der Waals surface area contributed by atoms with Crippen molar-refractivity contribution in [3.63, 3.8) is 0 Å². The number of anilines is 1. The Bertz CT molecular complexity index is 502. The molecule has 0 bridgehead atoms. The molecule has 0 amide bonds. The molecule has 0 fully saturated rings. The molecule has 0 aliphatic carbocycles. The lowest BCUT2D eigenvalue weighted by molar-refractivity contribution is 0.624. The molecule has 88 valence electrons. The molecule has 2 rings (SSSR count). The van der Waals surface area contributed by atoms with Gasteiger partial charge in [-0.1, -0.05) is 12.1 Å². The number of benzene rings is 1. The van der Waals surface area contributed by atoms with E-state index in [0.717, 1.165) is 22.2 Å². The number of hydrogen-bond acceptors (Lipinski definition) is 3. The summed E-state index contributed by atoms with van der Waals surface area (Å²) in [5.74, 6) is 1.38. The van der Waals surface area contributed by atoms with Crippen LogP contribution < -0.4 is 5.32 Å². The Morgan fingerprint density at radius 3 is 2.82 bits per heavy atom. The molecule has 1 heterocycles. The maximum atomic E-state index is 13.0. The molecular formula is C13H13FN2S. The number of nitrogens with one attached hydrogen (secondary N) is 1. The number of thioether (sulfide) groups is 1. The molecule has 0 atom stereocenters. The van der Waals surface area contributed by atoms with Crippen molar-refractivity contribution < 1.29 is 4.39 Å². The minimum absolute atomic E-state index is 0.202. The first kappa shape index (κ1) is 11.9. The SMILES string of the molecule is CNc1cccc(CSc2cccc(F)c2)n1. The summed E-state index contributed by atoms with van der Waals surface area (Å²) in [6.07, 6.45) is 0. The molecule has 17 heavy (non-hydrogen) atoms. The van der Waals surface area contributed by atoms with E-state index in [1.54, 1.807) is 17.8 Å².